The lowest BCUT2D eigenvalue weighted by molar-refractivity contribution is 0.0958. The van der Waals surface area contributed by atoms with Gasteiger partial charge in [0.25, 0.3) is 5.91 Å². The van der Waals surface area contributed by atoms with Crippen molar-refractivity contribution in [1.29, 1.82) is 0 Å². The predicted octanol–water partition coefficient (Wildman–Crippen LogP) is 2.36. The quantitative estimate of drug-likeness (QED) is 0.860. The molecular weight excluding hydrogens is 256 g/mol. The summed E-state index contributed by atoms with van der Waals surface area (Å²) in [4.78, 5) is 15.6. The first kappa shape index (κ1) is 10.1. The smallest absolute Gasteiger partial charge is 0.269 e. The Hall–Kier alpha value is -1.42. The molecule has 0 spiro atoms. The first-order chi connectivity index (χ1) is 7.20. The Morgan fingerprint density at radius 3 is 2.80 bits per heavy atom. The molecule has 1 aromatic carbocycles. The summed E-state index contributed by atoms with van der Waals surface area (Å²) in [5.41, 5.74) is 1.24. The number of fused-ring (bicyclic) bond motifs is 1. The predicted molar refractivity (Wildman–Crippen MR) is 62.8 cm³/mol. The zero-order valence-corrected chi connectivity index (χ0v) is 9.71. The van der Waals surface area contributed by atoms with E-state index in [4.69, 9.17) is 0 Å². The number of aromatic nitrogens is 1. The van der Waals surface area contributed by atoms with Crippen molar-refractivity contribution in [3.05, 3.63) is 40.5 Å². The van der Waals surface area contributed by atoms with Crippen LogP contribution in [0, 0.1) is 0 Å². The Morgan fingerprint density at radius 2 is 2.07 bits per heavy atom. The van der Waals surface area contributed by atoms with Crippen LogP contribution in [0.5, 0.6) is 0 Å². The standard InChI is InChI=1S/C11H9BrN2O/c1-13-11(15)9-5-3-7-2-4-8(12)6-10(7)14-9/h2-6H,1H3,(H,13,15). The Labute approximate surface area is 95.6 Å². The number of carbonyl (C=O) groups is 1. The molecule has 1 N–H and O–H groups in total. The zero-order chi connectivity index (χ0) is 10.8. The summed E-state index contributed by atoms with van der Waals surface area (Å²) in [6, 6.07) is 9.40. The number of benzene rings is 1. The van der Waals surface area contributed by atoms with Crippen molar-refractivity contribution >= 4 is 32.7 Å². The van der Waals surface area contributed by atoms with Crippen molar-refractivity contribution in [2.45, 2.75) is 0 Å². The minimum absolute atomic E-state index is 0.170. The molecule has 2 rings (SSSR count). The van der Waals surface area contributed by atoms with E-state index >= 15 is 0 Å². The van der Waals surface area contributed by atoms with Gasteiger partial charge < -0.3 is 5.32 Å². The van der Waals surface area contributed by atoms with Gasteiger partial charge in [-0.25, -0.2) is 4.98 Å². The molecular formula is C11H9BrN2O. The Kier molecular flexibility index (Phi) is 2.68. The van der Waals surface area contributed by atoms with Crippen molar-refractivity contribution < 1.29 is 4.79 Å². The highest BCUT2D eigenvalue weighted by atomic mass is 79.9. The maximum Gasteiger partial charge on any atom is 0.269 e. The molecule has 2 aromatic rings. The van der Waals surface area contributed by atoms with Gasteiger partial charge in [0, 0.05) is 16.9 Å². The molecule has 1 aromatic heterocycles. The zero-order valence-electron chi connectivity index (χ0n) is 8.12. The van der Waals surface area contributed by atoms with Crippen molar-refractivity contribution in [2.24, 2.45) is 0 Å². The summed E-state index contributed by atoms with van der Waals surface area (Å²) in [5, 5.41) is 3.57. The van der Waals surface area contributed by atoms with Crippen LogP contribution in [0.3, 0.4) is 0 Å². The number of rotatable bonds is 1. The molecule has 0 saturated heterocycles. The minimum atomic E-state index is -0.170. The molecule has 3 nitrogen and oxygen atoms in total. The average molecular weight is 265 g/mol. The van der Waals surface area contributed by atoms with Crippen LogP contribution in [-0.2, 0) is 0 Å². The maximum absolute atomic E-state index is 11.4. The van der Waals surface area contributed by atoms with Gasteiger partial charge in [0.15, 0.2) is 0 Å². The van der Waals surface area contributed by atoms with E-state index in [1.54, 1.807) is 13.1 Å². The Bertz CT molecular complexity index is 525. The number of hydrogen-bond donors (Lipinski definition) is 1. The lowest BCUT2D eigenvalue weighted by Gasteiger charge is -2.01. The van der Waals surface area contributed by atoms with Gasteiger partial charge in [-0.15, -0.1) is 0 Å². The van der Waals surface area contributed by atoms with Gasteiger partial charge in [-0.3, -0.25) is 4.79 Å². The van der Waals surface area contributed by atoms with Crippen molar-refractivity contribution in [2.75, 3.05) is 7.05 Å². The topological polar surface area (TPSA) is 42.0 Å². The fourth-order valence-electron chi connectivity index (χ4n) is 1.34. The summed E-state index contributed by atoms with van der Waals surface area (Å²) < 4.78 is 0.955. The van der Waals surface area contributed by atoms with Crippen LogP contribution in [0.1, 0.15) is 10.5 Å². The van der Waals surface area contributed by atoms with Gasteiger partial charge in [-0.2, -0.15) is 0 Å². The molecule has 0 fully saturated rings. The van der Waals surface area contributed by atoms with E-state index in [1.807, 2.05) is 24.3 Å². The van der Waals surface area contributed by atoms with Gasteiger partial charge in [0.1, 0.15) is 5.69 Å². The fourth-order valence-corrected chi connectivity index (χ4v) is 1.69. The molecule has 1 amide bonds. The summed E-state index contributed by atoms with van der Waals surface area (Å²) in [6.07, 6.45) is 0. The molecule has 1 heterocycles. The summed E-state index contributed by atoms with van der Waals surface area (Å²) in [6.45, 7) is 0. The summed E-state index contributed by atoms with van der Waals surface area (Å²) in [7, 11) is 1.59. The number of carbonyl (C=O) groups excluding carboxylic acids is 1. The number of nitrogens with zero attached hydrogens (tertiary/aromatic N) is 1. The molecule has 0 atom stereocenters. The lowest BCUT2D eigenvalue weighted by atomic mass is 10.2. The number of halogens is 1. The normalized spacial score (nSPS) is 10.3. The first-order valence-electron chi connectivity index (χ1n) is 4.49. The second kappa shape index (κ2) is 3.98. The van der Waals surface area contributed by atoms with E-state index in [9.17, 15) is 4.79 Å². The van der Waals surface area contributed by atoms with Crippen LogP contribution in [-0.4, -0.2) is 17.9 Å². The molecule has 0 bridgehead atoms. The molecule has 0 radical (unpaired) electrons. The van der Waals surface area contributed by atoms with Crippen LogP contribution < -0.4 is 5.32 Å². The third-order valence-corrected chi connectivity index (χ3v) is 2.61. The van der Waals surface area contributed by atoms with Crippen LogP contribution in [0.25, 0.3) is 10.9 Å². The highest BCUT2D eigenvalue weighted by Crippen LogP contribution is 2.18. The van der Waals surface area contributed by atoms with Crippen molar-refractivity contribution in [3.63, 3.8) is 0 Å². The second-order valence-corrected chi connectivity index (χ2v) is 4.03. The highest BCUT2D eigenvalue weighted by Gasteiger charge is 2.05. The summed E-state index contributed by atoms with van der Waals surface area (Å²) >= 11 is 3.37. The van der Waals surface area contributed by atoms with Gasteiger partial charge in [-0.05, 0) is 18.2 Å². The molecule has 0 aliphatic heterocycles. The molecule has 0 unspecified atom stereocenters. The molecule has 0 saturated carbocycles. The van der Waals surface area contributed by atoms with Crippen LogP contribution in [0.15, 0.2) is 34.8 Å². The van der Waals surface area contributed by atoms with Crippen molar-refractivity contribution in [3.8, 4) is 0 Å². The third-order valence-electron chi connectivity index (χ3n) is 2.11. The summed E-state index contributed by atoms with van der Waals surface area (Å²) in [5.74, 6) is -0.170. The van der Waals surface area contributed by atoms with E-state index in [0.717, 1.165) is 15.4 Å². The van der Waals surface area contributed by atoms with Crippen LogP contribution >= 0.6 is 15.9 Å². The van der Waals surface area contributed by atoms with Crippen LogP contribution in [0.4, 0.5) is 0 Å². The van der Waals surface area contributed by atoms with Crippen molar-refractivity contribution in [1.82, 2.24) is 10.3 Å². The number of pyridine rings is 1. The fraction of sp³-hybridized carbons (Fsp3) is 0.0909. The number of nitrogens with one attached hydrogen (secondary N) is 1. The lowest BCUT2D eigenvalue weighted by Crippen LogP contribution is -2.18. The number of hydrogen-bond acceptors (Lipinski definition) is 2. The van der Waals surface area contributed by atoms with Gasteiger partial charge in [0.2, 0.25) is 0 Å². The average Bonchev–Trinajstić information content (AvgIpc) is 2.27. The molecule has 4 heteroatoms. The molecule has 0 aliphatic carbocycles. The van der Waals surface area contributed by atoms with Gasteiger partial charge in [-0.1, -0.05) is 28.1 Å². The Morgan fingerprint density at radius 1 is 1.33 bits per heavy atom. The minimum Gasteiger partial charge on any atom is -0.354 e. The van der Waals surface area contributed by atoms with Gasteiger partial charge >= 0.3 is 0 Å². The maximum atomic E-state index is 11.4. The Balaban J connectivity index is 2.59. The highest BCUT2D eigenvalue weighted by molar-refractivity contribution is 9.10. The van der Waals surface area contributed by atoms with Crippen LogP contribution in [0.2, 0.25) is 0 Å². The molecule has 0 aliphatic rings. The van der Waals surface area contributed by atoms with E-state index in [0.29, 0.717) is 5.69 Å². The largest absolute Gasteiger partial charge is 0.354 e. The molecule has 15 heavy (non-hydrogen) atoms. The third kappa shape index (κ3) is 1.99. The number of amides is 1. The first-order valence-corrected chi connectivity index (χ1v) is 5.28. The second-order valence-electron chi connectivity index (χ2n) is 3.11. The van der Waals surface area contributed by atoms with E-state index < -0.39 is 0 Å². The monoisotopic (exact) mass is 264 g/mol. The van der Waals surface area contributed by atoms with E-state index in [-0.39, 0.29) is 5.91 Å². The van der Waals surface area contributed by atoms with E-state index in [1.165, 1.54) is 0 Å². The SMILES string of the molecule is CNC(=O)c1ccc2ccc(Br)cc2n1. The van der Waals surface area contributed by atoms with Gasteiger partial charge in [0.05, 0.1) is 5.52 Å². The van der Waals surface area contributed by atoms with E-state index in [2.05, 4.69) is 26.2 Å². The molecule has 76 valence electrons.